The summed E-state index contributed by atoms with van der Waals surface area (Å²) in [6, 6.07) is 19.5. The van der Waals surface area contributed by atoms with Gasteiger partial charge in [-0.3, -0.25) is 9.59 Å². The van der Waals surface area contributed by atoms with Crippen LogP contribution in [0.1, 0.15) is 20.8 Å². The number of fused-ring (bicyclic) bond motifs is 1. The molecule has 4 rings (SSSR count). The van der Waals surface area contributed by atoms with Crippen LogP contribution in [-0.2, 0) is 17.6 Å². The molecule has 0 radical (unpaired) electrons. The zero-order chi connectivity index (χ0) is 24.3. The summed E-state index contributed by atoms with van der Waals surface area (Å²) in [5.41, 5.74) is 6.42. The highest BCUT2D eigenvalue weighted by Gasteiger charge is 2.30. The Labute approximate surface area is 197 Å². The molecule has 0 saturated carbocycles. The third-order valence-corrected chi connectivity index (χ3v) is 6.15. The predicted molar refractivity (Wildman–Crippen MR) is 125 cm³/mol. The highest BCUT2D eigenvalue weighted by Crippen LogP contribution is 2.36. The van der Waals surface area contributed by atoms with Crippen LogP contribution in [0.4, 0.5) is 13.2 Å². The number of thiophene rings is 1. The molecule has 3 N–H and O–H groups in total. The number of benzene rings is 3. The van der Waals surface area contributed by atoms with Gasteiger partial charge in [-0.1, -0.05) is 36.4 Å². The Bertz CT molecular complexity index is 1370. The van der Waals surface area contributed by atoms with Crippen LogP contribution in [0.25, 0.3) is 21.2 Å². The molecule has 0 aliphatic carbocycles. The second-order valence-corrected chi connectivity index (χ2v) is 8.62. The smallest absolute Gasteiger partial charge is 0.416 e. The molecule has 2 amide bonds. The van der Waals surface area contributed by atoms with Crippen LogP contribution in [0, 0.1) is 0 Å². The molecular weight excluding hydrogens is 465 g/mol. The Kier molecular flexibility index (Phi) is 6.56. The maximum atomic E-state index is 12.9. The Balaban J connectivity index is 1.57. The van der Waals surface area contributed by atoms with Crippen molar-refractivity contribution < 1.29 is 27.5 Å². The van der Waals surface area contributed by atoms with Gasteiger partial charge < -0.3 is 15.8 Å². The number of amides is 2. The molecule has 0 unspecified atom stereocenters. The number of rotatable bonds is 7. The monoisotopic (exact) mass is 484 g/mol. The van der Waals surface area contributed by atoms with Crippen molar-refractivity contribution in [3.8, 4) is 16.9 Å². The third-order valence-electron chi connectivity index (χ3n) is 5.00. The number of primary amides is 1. The molecule has 0 saturated heterocycles. The minimum absolute atomic E-state index is 0.121. The van der Waals surface area contributed by atoms with Crippen molar-refractivity contribution in [1.82, 2.24) is 5.32 Å². The summed E-state index contributed by atoms with van der Waals surface area (Å²) >= 11 is 1.47. The van der Waals surface area contributed by atoms with Gasteiger partial charge in [-0.25, -0.2) is 0 Å². The molecule has 9 heteroatoms. The first-order chi connectivity index (χ1) is 16.2. The van der Waals surface area contributed by atoms with Crippen molar-refractivity contribution >= 4 is 33.2 Å². The molecule has 5 nitrogen and oxygen atoms in total. The van der Waals surface area contributed by atoms with Crippen molar-refractivity contribution in [2.45, 2.75) is 12.8 Å². The van der Waals surface area contributed by atoms with Crippen LogP contribution in [0.15, 0.2) is 72.8 Å². The lowest BCUT2D eigenvalue weighted by Crippen LogP contribution is -2.33. The van der Waals surface area contributed by atoms with E-state index in [0.717, 1.165) is 38.2 Å². The summed E-state index contributed by atoms with van der Waals surface area (Å²) in [6.45, 7) is -0.130. The number of nitrogens with one attached hydrogen (secondary N) is 1. The Morgan fingerprint density at radius 1 is 0.971 bits per heavy atom. The second-order valence-electron chi connectivity index (χ2n) is 7.48. The number of halogens is 3. The number of alkyl halides is 3. The SMILES string of the molecule is NC(=O)CNC(=O)c1cccc(-c2cccc3cc(COc4cccc(C(F)(F)F)c4)sc23)c1. The van der Waals surface area contributed by atoms with Crippen LogP contribution in [-0.4, -0.2) is 18.4 Å². The molecule has 174 valence electrons. The zero-order valence-electron chi connectivity index (χ0n) is 17.7. The molecule has 0 bridgehead atoms. The first kappa shape index (κ1) is 23.3. The molecular formula is C25H19F3N2O3S. The number of hydrogen-bond acceptors (Lipinski definition) is 4. The predicted octanol–water partition coefficient (Wildman–Crippen LogP) is 5.38. The lowest BCUT2D eigenvalue weighted by Gasteiger charge is -2.09. The maximum absolute atomic E-state index is 12.9. The Hall–Kier alpha value is -3.85. The summed E-state index contributed by atoms with van der Waals surface area (Å²) in [4.78, 5) is 24.1. The van der Waals surface area contributed by atoms with Crippen molar-refractivity contribution in [3.63, 3.8) is 0 Å². The van der Waals surface area contributed by atoms with Gasteiger partial charge >= 0.3 is 6.18 Å². The van der Waals surface area contributed by atoms with Crippen molar-refractivity contribution in [2.75, 3.05) is 6.54 Å². The standard InChI is InChI=1S/C25H19F3N2O3S/c26-25(27,28)18-7-3-8-19(12-18)33-14-20-11-16-5-2-9-21(23(16)34-20)15-4-1-6-17(10-15)24(32)30-13-22(29)31/h1-12H,13-14H2,(H2,29,31)(H,30,32). The van der Waals surface area contributed by atoms with E-state index in [0.29, 0.717) is 5.56 Å². The summed E-state index contributed by atoms with van der Waals surface area (Å²) in [7, 11) is 0. The van der Waals surface area contributed by atoms with Gasteiger partial charge in [-0.15, -0.1) is 11.3 Å². The maximum Gasteiger partial charge on any atom is 0.416 e. The summed E-state index contributed by atoms with van der Waals surface area (Å²) < 4.78 is 45.4. The minimum Gasteiger partial charge on any atom is -0.488 e. The third kappa shape index (κ3) is 5.37. The quantitative estimate of drug-likeness (QED) is 0.370. The Morgan fingerprint density at radius 2 is 1.74 bits per heavy atom. The van der Waals surface area contributed by atoms with Crippen LogP contribution >= 0.6 is 11.3 Å². The van der Waals surface area contributed by atoms with Gasteiger partial charge in [-0.05, 0) is 52.9 Å². The normalized spacial score (nSPS) is 11.4. The summed E-state index contributed by atoms with van der Waals surface area (Å²) in [5.74, 6) is -0.899. The fourth-order valence-electron chi connectivity index (χ4n) is 3.43. The van der Waals surface area contributed by atoms with Crippen molar-refractivity contribution in [1.29, 1.82) is 0 Å². The first-order valence-corrected chi connectivity index (χ1v) is 11.0. The van der Waals surface area contributed by atoms with Gasteiger partial charge in [0.1, 0.15) is 12.4 Å². The fraction of sp³-hybridized carbons (Fsp3) is 0.120. The molecule has 1 aromatic heterocycles. The van der Waals surface area contributed by atoms with E-state index >= 15 is 0 Å². The molecule has 0 spiro atoms. The van der Waals surface area contributed by atoms with Gasteiger partial charge in [0, 0.05) is 15.1 Å². The molecule has 0 aliphatic heterocycles. The summed E-state index contributed by atoms with van der Waals surface area (Å²) in [6.07, 6.45) is -4.43. The van der Waals surface area contributed by atoms with Gasteiger partial charge in [0.15, 0.2) is 0 Å². The zero-order valence-corrected chi connectivity index (χ0v) is 18.5. The lowest BCUT2D eigenvalue weighted by atomic mass is 10.0. The average molecular weight is 484 g/mol. The van der Waals surface area contributed by atoms with E-state index in [2.05, 4.69) is 5.32 Å². The Morgan fingerprint density at radius 3 is 2.50 bits per heavy atom. The molecule has 34 heavy (non-hydrogen) atoms. The molecule has 0 aliphatic rings. The second kappa shape index (κ2) is 9.56. The van der Waals surface area contributed by atoms with E-state index in [4.69, 9.17) is 10.5 Å². The first-order valence-electron chi connectivity index (χ1n) is 10.2. The number of nitrogens with two attached hydrogens (primary N) is 1. The van der Waals surface area contributed by atoms with Gasteiger partial charge in [-0.2, -0.15) is 13.2 Å². The highest BCUT2D eigenvalue weighted by atomic mass is 32.1. The fourth-order valence-corrected chi connectivity index (χ4v) is 4.54. The molecule has 0 atom stereocenters. The van der Waals surface area contributed by atoms with Gasteiger partial charge in [0.2, 0.25) is 5.91 Å². The van der Waals surface area contributed by atoms with E-state index in [-0.39, 0.29) is 18.9 Å². The van der Waals surface area contributed by atoms with Crippen LogP contribution in [0.5, 0.6) is 5.75 Å². The van der Waals surface area contributed by atoms with Crippen molar-refractivity contribution in [2.24, 2.45) is 5.73 Å². The van der Waals surface area contributed by atoms with E-state index in [9.17, 15) is 22.8 Å². The molecule has 4 aromatic rings. The molecule has 0 fully saturated rings. The van der Waals surface area contributed by atoms with Gasteiger partial charge in [0.25, 0.3) is 5.91 Å². The van der Waals surface area contributed by atoms with Crippen molar-refractivity contribution in [3.05, 3.63) is 88.8 Å². The van der Waals surface area contributed by atoms with Crippen LogP contribution in [0.3, 0.4) is 0 Å². The average Bonchev–Trinajstić information content (AvgIpc) is 3.24. The number of carbonyl (C=O) groups excluding carboxylic acids is 2. The van der Waals surface area contributed by atoms with Gasteiger partial charge in [0.05, 0.1) is 12.1 Å². The molecule has 1 heterocycles. The number of carbonyl (C=O) groups is 2. The van der Waals surface area contributed by atoms with E-state index < -0.39 is 23.6 Å². The largest absolute Gasteiger partial charge is 0.488 e. The topological polar surface area (TPSA) is 81.4 Å². The minimum atomic E-state index is -4.43. The van der Waals surface area contributed by atoms with E-state index in [1.165, 1.54) is 23.5 Å². The van der Waals surface area contributed by atoms with Crippen LogP contribution in [0.2, 0.25) is 0 Å². The molecule has 3 aromatic carbocycles. The summed E-state index contributed by atoms with van der Waals surface area (Å²) in [5, 5.41) is 3.42. The lowest BCUT2D eigenvalue weighted by molar-refractivity contribution is -0.137. The van der Waals surface area contributed by atoms with Crippen LogP contribution < -0.4 is 15.8 Å². The number of ether oxygens (including phenoxy) is 1. The van der Waals surface area contributed by atoms with E-state index in [1.54, 1.807) is 18.2 Å². The highest BCUT2D eigenvalue weighted by molar-refractivity contribution is 7.19. The number of hydrogen-bond donors (Lipinski definition) is 2. The van der Waals surface area contributed by atoms with E-state index in [1.807, 2.05) is 30.3 Å².